The normalized spacial score (nSPS) is 15.4. The van der Waals surface area contributed by atoms with Crippen LogP contribution in [0.5, 0.6) is 0 Å². The van der Waals surface area contributed by atoms with Crippen molar-refractivity contribution in [3.63, 3.8) is 0 Å². The van der Waals surface area contributed by atoms with Gasteiger partial charge in [-0.15, -0.1) is 0 Å². The Kier molecular flexibility index (Phi) is 7.39. The zero-order valence-corrected chi connectivity index (χ0v) is 23.0. The van der Waals surface area contributed by atoms with E-state index in [1.807, 2.05) is 21.9 Å². The van der Waals surface area contributed by atoms with Gasteiger partial charge in [-0.1, -0.05) is 52.6 Å². The largest absolute Gasteiger partial charge is 0.416 e. The van der Waals surface area contributed by atoms with Crippen molar-refractivity contribution in [2.24, 2.45) is 9.98 Å². The molecule has 2 aliphatic rings. The lowest BCUT2D eigenvalue weighted by Gasteiger charge is -2.21. The lowest BCUT2D eigenvalue weighted by molar-refractivity contribution is -0.137. The third-order valence-corrected chi connectivity index (χ3v) is 7.24. The second-order valence-corrected chi connectivity index (χ2v) is 10.3. The van der Waals surface area contributed by atoms with Crippen molar-refractivity contribution in [3.8, 4) is 11.1 Å². The number of aromatic nitrogens is 3. The minimum absolute atomic E-state index is 0.363. The number of rotatable bonds is 7. The van der Waals surface area contributed by atoms with Crippen LogP contribution in [-0.4, -0.2) is 62.8 Å². The first kappa shape index (κ1) is 27.2. The van der Waals surface area contributed by atoms with Crippen LogP contribution in [-0.2, 0) is 19.3 Å². The summed E-state index contributed by atoms with van der Waals surface area (Å²) in [6.45, 7) is 3.29. The number of aliphatic imine (C=N–C) groups is 2. The Balaban J connectivity index is 1.39. The third kappa shape index (κ3) is 5.77. The van der Waals surface area contributed by atoms with Crippen LogP contribution in [0.1, 0.15) is 28.1 Å². The van der Waals surface area contributed by atoms with Crippen molar-refractivity contribution < 1.29 is 17.7 Å². The Morgan fingerprint density at radius 2 is 1.32 bits per heavy atom. The Morgan fingerprint density at radius 3 is 1.85 bits per heavy atom. The topological polar surface area (TPSA) is 83.0 Å². The summed E-state index contributed by atoms with van der Waals surface area (Å²) in [5.74, 6) is 1.50. The van der Waals surface area contributed by atoms with E-state index in [2.05, 4.69) is 20.1 Å². The SMILES string of the molecule is FC(F)(F)c1ccc(-c2c(C3=NCCN3Cc3ccc(Cl)nc3)noc2C2=NCCN2Cc2ccc(Cl)nc2)cc1. The number of halogens is 5. The number of alkyl halides is 3. The predicted octanol–water partition coefficient (Wildman–Crippen LogP) is 5.98. The fraction of sp³-hybridized carbons (Fsp3) is 0.250. The molecule has 210 valence electrons. The van der Waals surface area contributed by atoms with Crippen LogP contribution in [0.25, 0.3) is 11.1 Å². The smallest absolute Gasteiger partial charge is 0.352 e. The molecule has 0 radical (unpaired) electrons. The molecule has 0 unspecified atom stereocenters. The van der Waals surface area contributed by atoms with Gasteiger partial charge in [0.15, 0.2) is 17.4 Å². The first-order valence-electron chi connectivity index (χ1n) is 12.7. The molecule has 0 saturated heterocycles. The van der Waals surface area contributed by atoms with Gasteiger partial charge in [-0.3, -0.25) is 9.98 Å². The van der Waals surface area contributed by atoms with Crippen LogP contribution in [0.3, 0.4) is 0 Å². The standard InChI is InChI=1S/C28H22Cl2F3N7O/c29-21-7-1-17(13-36-21)15-39-11-9-34-26(39)24-23(19-3-5-20(6-4-19)28(31,32)33)25(41-38-24)27-35-10-12-40(27)16-18-2-8-22(30)37-14-18/h1-8,13-14H,9-12,15-16H2. The molecular formula is C28H22Cl2F3N7O. The van der Waals surface area contributed by atoms with Gasteiger partial charge >= 0.3 is 6.18 Å². The highest BCUT2D eigenvalue weighted by Gasteiger charge is 2.34. The van der Waals surface area contributed by atoms with Gasteiger partial charge in [-0.25, -0.2) is 9.97 Å². The van der Waals surface area contributed by atoms with Crippen molar-refractivity contribution in [2.45, 2.75) is 19.3 Å². The lowest BCUT2D eigenvalue weighted by Crippen LogP contribution is -2.29. The van der Waals surface area contributed by atoms with Gasteiger partial charge in [-0.2, -0.15) is 13.2 Å². The second-order valence-electron chi connectivity index (χ2n) is 9.54. The predicted molar refractivity (Wildman–Crippen MR) is 149 cm³/mol. The maximum atomic E-state index is 13.4. The highest BCUT2D eigenvalue weighted by molar-refractivity contribution is 6.29. The van der Waals surface area contributed by atoms with E-state index in [1.54, 1.807) is 24.5 Å². The van der Waals surface area contributed by atoms with Gasteiger partial charge in [0.2, 0.25) is 5.76 Å². The van der Waals surface area contributed by atoms with Crippen molar-refractivity contribution in [1.29, 1.82) is 0 Å². The quantitative estimate of drug-likeness (QED) is 0.243. The van der Waals surface area contributed by atoms with Crippen molar-refractivity contribution in [2.75, 3.05) is 26.2 Å². The molecule has 0 fully saturated rings. The lowest BCUT2D eigenvalue weighted by atomic mass is 10.00. The van der Waals surface area contributed by atoms with E-state index in [9.17, 15) is 13.2 Å². The number of benzene rings is 1. The van der Waals surface area contributed by atoms with Crippen LogP contribution in [0.15, 0.2) is 75.4 Å². The molecule has 8 nitrogen and oxygen atoms in total. The molecule has 0 atom stereocenters. The van der Waals surface area contributed by atoms with Gasteiger partial charge in [0.25, 0.3) is 0 Å². The van der Waals surface area contributed by atoms with E-state index < -0.39 is 11.7 Å². The first-order chi connectivity index (χ1) is 19.8. The molecule has 3 aromatic heterocycles. The van der Waals surface area contributed by atoms with Crippen molar-refractivity contribution >= 4 is 34.9 Å². The molecule has 0 aliphatic carbocycles. The molecule has 41 heavy (non-hydrogen) atoms. The maximum Gasteiger partial charge on any atom is 0.416 e. The summed E-state index contributed by atoms with van der Waals surface area (Å²) in [4.78, 5) is 21.8. The van der Waals surface area contributed by atoms with Crippen molar-refractivity contribution in [1.82, 2.24) is 24.9 Å². The first-order valence-corrected chi connectivity index (χ1v) is 13.5. The molecule has 5 heterocycles. The second kappa shape index (κ2) is 11.1. The Hall–Kier alpha value is -3.96. The Labute approximate surface area is 243 Å². The van der Waals surface area contributed by atoms with E-state index in [-0.39, 0.29) is 0 Å². The summed E-state index contributed by atoms with van der Waals surface area (Å²) < 4.78 is 46.0. The van der Waals surface area contributed by atoms with Crippen LogP contribution in [0.2, 0.25) is 10.3 Å². The Morgan fingerprint density at radius 1 is 0.756 bits per heavy atom. The zero-order chi connectivity index (χ0) is 28.6. The molecule has 2 aliphatic heterocycles. The van der Waals surface area contributed by atoms with Crippen LogP contribution in [0.4, 0.5) is 13.2 Å². The summed E-state index contributed by atoms with van der Waals surface area (Å²) in [7, 11) is 0. The molecule has 0 bridgehead atoms. The molecule has 0 saturated carbocycles. The molecular weight excluding hydrogens is 578 g/mol. The average molecular weight is 600 g/mol. The molecule has 0 spiro atoms. The van der Waals surface area contributed by atoms with Crippen LogP contribution < -0.4 is 0 Å². The number of amidine groups is 2. The molecule has 1 aromatic carbocycles. The Bertz CT molecular complexity index is 1510. The highest BCUT2D eigenvalue weighted by atomic mass is 35.5. The number of nitrogens with zero attached hydrogens (tertiary/aromatic N) is 7. The van der Waals surface area contributed by atoms with Gasteiger partial charge in [-0.05, 0) is 41.0 Å². The number of hydrogen-bond acceptors (Lipinski definition) is 8. The van der Waals surface area contributed by atoms with E-state index >= 15 is 0 Å². The van der Waals surface area contributed by atoms with E-state index in [0.29, 0.717) is 83.8 Å². The fourth-order valence-corrected chi connectivity index (χ4v) is 5.07. The minimum Gasteiger partial charge on any atom is -0.352 e. The van der Waals surface area contributed by atoms with E-state index in [4.69, 9.17) is 32.7 Å². The molecule has 6 rings (SSSR count). The van der Waals surface area contributed by atoms with Gasteiger partial charge in [0.05, 0.1) is 24.2 Å². The highest BCUT2D eigenvalue weighted by Crippen LogP contribution is 2.35. The summed E-state index contributed by atoms with van der Waals surface area (Å²) in [6.07, 6.45) is -1.08. The van der Waals surface area contributed by atoms with Gasteiger partial charge < -0.3 is 14.3 Å². The van der Waals surface area contributed by atoms with Crippen molar-refractivity contribution in [3.05, 3.63) is 99.4 Å². The number of hydrogen-bond donors (Lipinski definition) is 0. The molecule has 13 heteroatoms. The summed E-state index contributed by atoms with van der Waals surface area (Å²) >= 11 is 11.9. The summed E-state index contributed by atoms with van der Waals surface area (Å²) in [5.41, 5.74) is 2.57. The van der Waals surface area contributed by atoms with Crippen LogP contribution in [0, 0.1) is 0 Å². The molecule has 4 aromatic rings. The van der Waals surface area contributed by atoms with E-state index in [0.717, 1.165) is 23.3 Å². The third-order valence-electron chi connectivity index (χ3n) is 6.79. The summed E-state index contributed by atoms with van der Waals surface area (Å²) in [5, 5.41) is 5.19. The summed E-state index contributed by atoms with van der Waals surface area (Å²) in [6, 6.07) is 12.1. The fourth-order valence-electron chi connectivity index (χ4n) is 4.84. The van der Waals surface area contributed by atoms with Gasteiger partial charge in [0, 0.05) is 38.6 Å². The minimum atomic E-state index is -4.46. The molecule has 0 N–H and O–H groups in total. The number of pyridine rings is 2. The monoisotopic (exact) mass is 599 g/mol. The average Bonchev–Trinajstić information content (AvgIpc) is 3.70. The van der Waals surface area contributed by atoms with Crippen LogP contribution >= 0.6 is 23.2 Å². The maximum absolute atomic E-state index is 13.4. The van der Waals surface area contributed by atoms with E-state index in [1.165, 1.54) is 12.1 Å². The zero-order valence-electron chi connectivity index (χ0n) is 21.4. The molecule has 0 amide bonds. The van der Waals surface area contributed by atoms with Gasteiger partial charge in [0.1, 0.15) is 10.3 Å².